The van der Waals surface area contributed by atoms with E-state index in [-0.39, 0.29) is 11.8 Å². The largest absolute Gasteiger partial charge is 0.478 e. The zero-order valence-electron chi connectivity index (χ0n) is 11.9. The van der Waals surface area contributed by atoms with Gasteiger partial charge >= 0.3 is 5.97 Å². The maximum atomic E-state index is 12.5. The third-order valence-electron chi connectivity index (χ3n) is 4.59. The molecule has 1 N–H and O–H groups in total. The molecule has 4 heteroatoms. The van der Waals surface area contributed by atoms with E-state index in [1.807, 2.05) is 29.2 Å². The number of nitrogens with zero attached hydrogens (tertiary/aromatic N) is 1. The molecule has 0 bridgehead atoms. The number of aliphatic carboxylic acids is 1. The van der Waals surface area contributed by atoms with Crippen LogP contribution in [0.5, 0.6) is 0 Å². The highest BCUT2D eigenvalue weighted by atomic mass is 16.4. The van der Waals surface area contributed by atoms with Crippen LogP contribution in [0.3, 0.4) is 0 Å². The second-order valence-corrected chi connectivity index (χ2v) is 5.84. The predicted molar refractivity (Wildman–Crippen MR) is 80.9 cm³/mol. The first-order valence-electron chi connectivity index (χ1n) is 7.47. The molecule has 1 aliphatic heterocycles. The van der Waals surface area contributed by atoms with Gasteiger partial charge in [0.25, 0.3) is 0 Å². The summed E-state index contributed by atoms with van der Waals surface area (Å²) in [6.07, 6.45) is 7.29. The molecular weight excluding hydrogens is 266 g/mol. The molecule has 2 fully saturated rings. The smallest absolute Gasteiger partial charge is 0.328 e. The molecule has 1 aliphatic carbocycles. The van der Waals surface area contributed by atoms with Crippen LogP contribution < -0.4 is 4.90 Å². The Bertz CT molecular complexity index is 572. The molecule has 1 saturated carbocycles. The van der Waals surface area contributed by atoms with Gasteiger partial charge < -0.3 is 10.0 Å². The Balaban J connectivity index is 1.69. The normalized spacial score (nSPS) is 22.8. The third-order valence-corrected chi connectivity index (χ3v) is 4.59. The summed E-state index contributed by atoms with van der Waals surface area (Å²) in [6, 6.07) is 7.47. The van der Waals surface area contributed by atoms with Gasteiger partial charge in [-0.25, -0.2) is 4.79 Å². The second kappa shape index (κ2) is 5.72. The predicted octanol–water partition coefficient (Wildman–Crippen LogP) is 2.94. The number of carboxylic acid groups (broad SMARTS) is 1. The van der Waals surface area contributed by atoms with Gasteiger partial charge in [-0.05, 0) is 49.0 Å². The van der Waals surface area contributed by atoms with Crippen molar-refractivity contribution in [3.8, 4) is 0 Å². The molecule has 1 atom stereocenters. The van der Waals surface area contributed by atoms with E-state index in [0.29, 0.717) is 5.92 Å². The topological polar surface area (TPSA) is 57.6 Å². The molecular formula is C17H19NO3. The lowest BCUT2D eigenvalue weighted by atomic mass is 9.75. The van der Waals surface area contributed by atoms with Crippen molar-refractivity contribution in [3.05, 3.63) is 35.9 Å². The highest BCUT2D eigenvalue weighted by molar-refractivity contribution is 5.97. The Morgan fingerprint density at radius 3 is 2.48 bits per heavy atom. The third kappa shape index (κ3) is 2.84. The van der Waals surface area contributed by atoms with Crippen LogP contribution >= 0.6 is 0 Å². The summed E-state index contributed by atoms with van der Waals surface area (Å²) in [5.41, 5.74) is 1.73. The van der Waals surface area contributed by atoms with E-state index in [1.54, 1.807) is 6.08 Å². The van der Waals surface area contributed by atoms with E-state index >= 15 is 0 Å². The zero-order chi connectivity index (χ0) is 14.8. The Kier molecular flexibility index (Phi) is 3.78. The maximum Gasteiger partial charge on any atom is 0.328 e. The van der Waals surface area contributed by atoms with Crippen LogP contribution in [0.15, 0.2) is 30.3 Å². The molecule has 4 nitrogen and oxygen atoms in total. The molecule has 1 aromatic carbocycles. The minimum Gasteiger partial charge on any atom is -0.478 e. The van der Waals surface area contributed by atoms with Gasteiger partial charge in [-0.15, -0.1) is 0 Å². The van der Waals surface area contributed by atoms with Gasteiger partial charge in [0.2, 0.25) is 5.91 Å². The van der Waals surface area contributed by atoms with Crippen LogP contribution in [0.1, 0.15) is 31.2 Å². The van der Waals surface area contributed by atoms with Crippen molar-refractivity contribution in [2.24, 2.45) is 11.8 Å². The van der Waals surface area contributed by atoms with Crippen molar-refractivity contribution in [1.29, 1.82) is 0 Å². The van der Waals surface area contributed by atoms with Gasteiger partial charge in [-0.3, -0.25) is 4.79 Å². The van der Waals surface area contributed by atoms with Gasteiger partial charge in [-0.2, -0.15) is 0 Å². The Morgan fingerprint density at radius 1 is 1.19 bits per heavy atom. The van der Waals surface area contributed by atoms with E-state index in [0.717, 1.165) is 30.3 Å². The quantitative estimate of drug-likeness (QED) is 0.865. The fourth-order valence-electron chi connectivity index (χ4n) is 3.17. The van der Waals surface area contributed by atoms with E-state index in [4.69, 9.17) is 5.11 Å². The van der Waals surface area contributed by atoms with E-state index in [1.165, 1.54) is 19.3 Å². The number of hydrogen-bond acceptors (Lipinski definition) is 2. The number of carbonyl (C=O) groups is 2. The summed E-state index contributed by atoms with van der Waals surface area (Å²) in [6.45, 7) is 0.796. The highest BCUT2D eigenvalue weighted by Crippen LogP contribution is 2.40. The summed E-state index contributed by atoms with van der Waals surface area (Å²) in [7, 11) is 0. The van der Waals surface area contributed by atoms with E-state index in [9.17, 15) is 9.59 Å². The van der Waals surface area contributed by atoms with Crippen molar-refractivity contribution in [1.82, 2.24) is 0 Å². The van der Waals surface area contributed by atoms with Crippen LogP contribution in [0.25, 0.3) is 6.08 Å². The standard InChI is InChI=1S/C17H19NO3/c19-16(20)9-6-12-4-7-14(8-5-12)18-11-10-15(17(18)21)13-2-1-3-13/h4-9,13,15H,1-3,10-11H2,(H,19,20)/b9-6+/t15-/m1/s1. The minimum atomic E-state index is -0.961. The number of hydrogen-bond donors (Lipinski definition) is 1. The molecule has 1 aromatic rings. The number of carbonyl (C=O) groups excluding carboxylic acids is 1. The lowest BCUT2D eigenvalue weighted by Gasteiger charge is -2.30. The van der Waals surface area contributed by atoms with Gasteiger partial charge in [0.15, 0.2) is 0 Å². The SMILES string of the molecule is O=C(O)/C=C/c1ccc(N2CC[C@H](C3CCC3)C2=O)cc1. The van der Waals surface area contributed by atoms with Gasteiger partial charge in [0, 0.05) is 24.2 Å². The molecule has 0 radical (unpaired) electrons. The van der Waals surface area contributed by atoms with Crippen LogP contribution in [0, 0.1) is 11.8 Å². The first-order valence-corrected chi connectivity index (χ1v) is 7.47. The molecule has 110 valence electrons. The lowest BCUT2D eigenvalue weighted by molar-refractivity contribution is -0.131. The fourth-order valence-corrected chi connectivity index (χ4v) is 3.17. The number of anilines is 1. The number of carboxylic acids is 1. The van der Waals surface area contributed by atoms with Gasteiger partial charge in [-0.1, -0.05) is 18.6 Å². The first kappa shape index (κ1) is 13.9. The van der Waals surface area contributed by atoms with E-state index < -0.39 is 5.97 Å². The summed E-state index contributed by atoms with van der Waals surface area (Å²) in [4.78, 5) is 24.8. The average Bonchev–Trinajstić information content (AvgIpc) is 2.77. The monoisotopic (exact) mass is 285 g/mol. The Morgan fingerprint density at radius 2 is 1.90 bits per heavy atom. The van der Waals surface area contributed by atoms with Crippen LogP contribution in [0.4, 0.5) is 5.69 Å². The Labute approximate surface area is 124 Å². The average molecular weight is 285 g/mol. The van der Waals surface area contributed by atoms with Gasteiger partial charge in [0.1, 0.15) is 0 Å². The molecule has 0 aromatic heterocycles. The Hall–Kier alpha value is -2.10. The van der Waals surface area contributed by atoms with E-state index in [2.05, 4.69) is 0 Å². The lowest BCUT2D eigenvalue weighted by Crippen LogP contribution is -2.32. The fraction of sp³-hybridized carbons (Fsp3) is 0.412. The molecule has 1 saturated heterocycles. The number of rotatable bonds is 4. The van der Waals surface area contributed by atoms with Gasteiger partial charge in [0.05, 0.1) is 0 Å². The molecule has 1 amide bonds. The summed E-state index contributed by atoms with van der Waals surface area (Å²) >= 11 is 0. The van der Waals surface area contributed by atoms with Crippen LogP contribution in [-0.4, -0.2) is 23.5 Å². The molecule has 21 heavy (non-hydrogen) atoms. The second-order valence-electron chi connectivity index (χ2n) is 5.84. The maximum absolute atomic E-state index is 12.5. The molecule has 0 spiro atoms. The van der Waals surface area contributed by atoms with Crippen molar-refractivity contribution in [2.45, 2.75) is 25.7 Å². The molecule has 3 rings (SSSR count). The molecule has 2 aliphatic rings. The molecule has 0 unspecified atom stereocenters. The van der Waals surface area contributed by atoms with Crippen LogP contribution in [-0.2, 0) is 9.59 Å². The number of benzene rings is 1. The van der Waals surface area contributed by atoms with Crippen molar-refractivity contribution < 1.29 is 14.7 Å². The number of amides is 1. The highest BCUT2D eigenvalue weighted by Gasteiger charge is 2.39. The minimum absolute atomic E-state index is 0.213. The van der Waals surface area contributed by atoms with Crippen molar-refractivity contribution >= 4 is 23.6 Å². The van der Waals surface area contributed by atoms with Crippen molar-refractivity contribution in [2.75, 3.05) is 11.4 Å². The summed E-state index contributed by atoms with van der Waals surface area (Å²) in [5.74, 6) is 0.108. The molecule has 1 heterocycles. The summed E-state index contributed by atoms with van der Waals surface area (Å²) in [5, 5.41) is 8.61. The summed E-state index contributed by atoms with van der Waals surface area (Å²) < 4.78 is 0. The first-order chi connectivity index (χ1) is 10.1. The zero-order valence-corrected chi connectivity index (χ0v) is 11.9. The van der Waals surface area contributed by atoms with Crippen LogP contribution in [0.2, 0.25) is 0 Å². The van der Waals surface area contributed by atoms with Crippen molar-refractivity contribution in [3.63, 3.8) is 0 Å².